The summed E-state index contributed by atoms with van der Waals surface area (Å²) in [6.07, 6.45) is 0.646. The summed E-state index contributed by atoms with van der Waals surface area (Å²) in [6.45, 7) is 10.6. The summed E-state index contributed by atoms with van der Waals surface area (Å²) in [6, 6.07) is 8.42. The lowest BCUT2D eigenvalue weighted by Gasteiger charge is -2.23. The van der Waals surface area contributed by atoms with Crippen molar-refractivity contribution in [2.24, 2.45) is 4.99 Å². The maximum absolute atomic E-state index is 5.28. The van der Waals surface area contributed by atoms with Crippen LogP contribution in [0.2, 0.25) is 0 Å². The number of guanidine groups is 1. The largest absolute Gasteiger partial charge is 0.357 e. The summed E-state index contributed by atoms with van der Waals surface area (Å²) >= 11 is 0. The highest BCUT2D eigenvalue weighted by atomic mass is 16.5. The van der Waals surface area contributed by atoms with Gasteiger partial charge in [-0.15, -0.1) is 0 Å². The summed E-state index contributed by atoms with van der Waals surface area (Å²) in [5.41, 5.74) is 2.59. The number of rotatable bonds is 7. The standard InChI is InChI=1S/C19H29N5O/c1-6-20-19(24(5)13-16-10-8-7-9-15(16)4)21-12-11-17-22-18(14(2)3)23-25-17/h7-10,14H,6,11-13H2,1-5H3,(H,20,21). The van der Waals surface area contributed by atoms with Crippen LogP contribution in [0, 0.1) is 6.92 Å². The van der Waals surface area contributed by atoms with Crippen LogP contribution in [-0.4, -0.2) is 41.1 Å². The van der Waals surface area contributed by atoms with Gasteiger partial charge in [-0.3, -0.25) is 4.99 Å². The van der Waals surface area contributed by atoms with Gasteiger partial charge in [0.15, 0.2) is 11.8 Å². The third-order valence-electron chi connectivity index (χ3n) is 3.95. The molecule has 25 heavy (non-hydrogen) atoms. The fourth-order valence-electron chi connectivity index (χ4n) is 2.45. The monoisotopic (exact) mass is 343 g/mol. The van der Waals surface area contributed by atoms with Gasteiger partial charge in [0.1, 0.15) is 0 Å². The Bertz CT molecular complexity index is 693. The van der Waals surface area contributed by atoms with Gasteiger partial charge in [0.05, 0.1) is 6.54 Å². The second-order valence-electron chi connectivity index (χ2n) is 6.47. The maximum Gasteiger partial charge on any atom is 0.228 e. The lowest BCUT2D eigenvalue weighted by Crippen LogP contribution is -2.38. The molecule has 1 aromatic carbocycles. The van der Waals surface area contributed by atoms with Crippen LogP contribution in [0.5, 0.6) is 0 Å². The Morgan fingerprint density at radius 1 is 1.32 bits per heavy atom. The average Bonchev–Trinajstić information content (AvgIpc) is 3.05. The van der Waals surface area contributed by atoms with E-state index < -0.39 is 0 Å². The predicted molar refractivity (Wildman–Crippen MR) is 101 cm³/mol. The van der Waals surface area contributed by atoms with E-state index >= 15 is 0 Å². The Morgan fingerprint density at radius 3 is 2.72 bits per heavy atom. The average molecular weight is 343 g/mol. The smallest absolute Gasteiger partial charge is 0.228 e. The normalized spacial score (nSPS) is 11.8. The van der Waals surface area contributed by atoms with Gasteiger partial charge in [-0.1, -0.05) is 43.3 Å². The highest BCUT2D eigenvalue weighted by Crippen LogP contribution is 2.11. The Balaban J connectivity index is 1.98. The summed E-state index contributed by atoms with van der Waals surface area (Å²) in [4.78, 5) is 11.2. The summed E-state index contributed by atoms with van der Waals surface area (Å²) in [5, 5.41) is 7.33. The molecule has 136 valence electrons. The zero-order chi connectivity index (χ0) is 18.2. The summed E-state index contributed by atoms with van der Waals surface area (Å²) in [7, 11) is 2.05. The van der Waals surface area contributed by atoms with Crippen molar-refractivity contribution in [1.29, 1.82) is 0 Å². The van der Waals surface area contributed by atoms with Crippen molar-refractivity contribution >= 4 is 5.96 Å². The van der Waals surface area contributed by atoms with Gasteiger partial charge in [0, 0.05) is 32.5 Å². The quantitative estimate of drug-likeness (QED) is 0.618. The highest BCUT2D eigenvalue weighted by molar-refractivity contribution is 5.79. The molecule has 6 heteroatoms. The van der Waals surface area contributed by atoms with Crippen LogP contribution < -0.4 is 5.32 Å². The molecule has 2 aromatic rings. The number of aryl methyl sites for hydroxylation is 1. The molecular weight excluding hydrogens is 314 g/mol. The Labute approximate surface area is 150 Å². The molecule has 0 fully saturated rings. The van der Waals surface area contributed by atoms with Crippen LogP contribution in [0.15, 0.2) is 33.8 Å². The minimum absolute atomic E-state index is 0.276. The van der Waals surface area contributed by atoms with Crippen molar-refractivity contribution in [1.82, 2.24) is 20.4 Å². The Kier molecular flexibility index (Phi) is 6.98. The number of hydrogen-bond donors (Lipinski definition) is 1. The van der Waals surface area contributed by atoms with Crippen LogP contribution >= 0.6 is 0 Å². The second kappa shape index (κ2) is 9.20. The van der Waals surface area contributed by atoms with Crippen molar-refractivity contribution in [3.8, 4) is 0 Å². The third-order valence-corrected chi connectivity index (χ3v) is 3.95. The highest BCUT2D eigenvalue weighted by Gasteiger charge is 2.10. The zero-order valence-electron chi connectivity index (χ0n) is 15.9. The van der Waals surface area contributed by atoms with E-state index in [-0.39, 0.29) is 5.92 Å². The van der Waals surface area contributed by atoms with Gasteiger partial charge in [-0.05, 0) is 25.0 Å². The first kappa shape index (κ1) is 19.0. The number of hydrogen-bond acceptors (Lipinski definition) is 4. The molecule has 0 amide bonds. The fraction of sp³-hybridized carbons (Fsp3) is 0.526. The van der Waals surface area contributed by atoms with Gasteiger partial charge in [0.25, 0.3) is 0 Å². The SMILES string of the molecule is CCNC(=NCCc1nc(C(C)C)no1)N(C)Cc1ccccc1C. The lowest BCUT2D eigenvalue weighted by molar-refractivity contribution is 0.372. The van der Waals surface area contributed by atoms with Crippen molar-refractivity contribution in [3.05, 3.63) is 47.1 Å². The third kappa shape index (κ3) is 5.59. The van der Waals surface area contributed by atoms with Crippen molar-refractivity contribution in [2.45, 2.75) is 46.6 Å². The maximum atomic E-state index is 5.28. The van der Waals surface area contributed by atoms with Gasteiger partial charge >= 0.3 is 0 Å². The molecule has 0 atom stereocenters. The molecular formula is C19H29N5O. The van der Waals surface area contributed by atoms with Crippen molar-refractivity contribution in [3.63, 3.8) is 0 Å². The lowest BCUT2D eigenvalue weighted by atomic mass is 10.1. The first-order valence-corrected chi connectivity index (χ1v) is 8.87. The molecule has 2 rings (SSSR count). The molecule has 0 unspecified atom stereocenters. The summed E-state index contributed by atoms with van der Waals surface area (Å²) in [5.74, 6) is 2.56. The molecule has 6 nitrogen and oxygen atoms in total. The molecule has 0 saturated carbocycles. The summed E-state index contributed by atoms with van der Waals surface area (Å²) < 4.78 is 5.28. The van der Waals surface area contributed by atoms with E-state index in [2.05, 4.69) is 79.4 Å². The molecule has 0 aliphatic rings. The molecule has 0 spiro atoms. The molecule has 0 saturated heterocycles. The molecule has 0 aliphatic carbocycles. The van der Waals surface area contributed by atoms with Crippen LogP contribution in [0.25, 0.3) is 0 Å². The fourth-order valence-corrected chi connectivity index (χ4v) is 2.45. The van der Waals surface area contributed by atoms with Gasteiger partial charge in [-0.2, -0.15) is 4.98 Å². The minimum atomic E-state index is 0.276. The topological polar surface area (TPSA) is 66.5 Å². The predicted octanol–water partition coefficient (Wildman–Crippen LogP) is 3.14. The molecule has 0 radical (unpaired) electrons. The Hall–Kier alpha value is -2.37. The van der Waals surface area contributed by atoms with E-state index in [4.69, 9.17) is 9.52 Å². The Morgan fingerprint density at radius 2 is 2.08 bits per heavy atom. The van der Waals surface area contributed by atoms with E-state index in [1.165, 1.54) is 11.1 Å². The van der Waals surface area contributed by atoms with Gasteiger partial charge < -0.3 is 14.7 Å². The van der Waals surface area contributed by atoms with E-state index in [1.54, 1.807) is 0 Å². The molecule has 1 aromatic heterocycles. The zero-order valence-corrected chi connectivity index (χ0v) is 15.9. The first-order valence-electron chi connectivity index (χ1n) is 8.87. The van der Waals surface area contributed by atoms with Crippen molar-refractivity contribution in [2.75, 3.05) is 20.1 Å². The van der Waals surface area contributed by atoms with Gasteiger partial charge in [-0.25, -0.2) is 0 Å². The van der Waals surface area contributed by atoms with Crippen LogP contribution in [0.1, 0.15) is 49.5 Å². The van der Waals surface area contributed by atoms with E-state index in [0.717, 1.165) is 24.9 Å². The second-order valence-corrected chi connectivity index (χ2v) is 6.47. The van der Waals surface area contributed by atoms with Crippen LogP contribution in [-0.2, 0) is 13.0 Å². The number of nitrogens with zero attached hydrogens (tertiary/aromatic N) is 4. The number of benzene rings is 1. The van der Waals surface area contributed by atoms with E-state index in [9.17, 15) is 0 Å². The van der Waals surface area contributed by atoms with E-state index in [0.29, 0.717) is 18.9 Å². The first-order chi connectivity index (χ1) is 12.0. The van der Waals surface area contributed by atoms with Crippen molar-refractivity contribution < 1.29 is 4.52 Å². The minimum Gasteiger partial charge on any atom is -0.357 e. The van der Waals surface area contributed by atoms with Gasteiger partial charge in [0.2, 0.25) is 5.89 Å². The molecule has 0 bridgehead atoms. The number of aliphatic imine (C=N–C) groups is 1. The number of nitrogens with one attached hydrogen (secondary N) is 1. The van der Waals surface area contributed by atoms with Crippen LogP contribution in [0.3, 0.4) is 0 Å². The molecule has 1 N–H and O–H groups in total. The molecule has 1 heterocycles. The number of aromatic nitrogens is 2. The van der Waals surface area contributed by atoms with Crippen LogP contribution in [0.4, 0.5) is 0 Å². The molecule has 0 aliphatic heterocycles. The van der Waals surface area contributed by atoms with E-state index in [1.807, 2.05) is 0 Å².